The predicted octanol–water partition coefficient (Wildman–Crippen LogP) is 0.946. The highest BCUT2D eigenvalue weighted by atomic mass is 16.5. The topological polar surface area (TPSA) is 102 Å². The number of hydrogen-bond acceptors (Lipinski definition) is 5. The van der Waals surface area contributed by atoms with E-state index >= 15 is 0 Å². The van der Waals surface area contributed by atoms with E-state index in [0.29, 0.717) is 23.4 Å². The van der Waals surface area contributed by atoms with Crippen LogP contribution in [0.2, 0.25) is 0 Å². The Morgan fingerprint density at radius 2 is 1.87 bits per heavy atom. The number of methoxy groups -OCH3 is 1. The van der Waals surface area contributed by atoms with Crippen LogP contribution in [0, 0.1) is 12.3 Å². The molecular formula is C10H15N3O2. The first kappa shape index (κ1) is 13.0. The minimum absolute atomic E-state index is 0.375. The second-order valence-corrected chi connectivity index (χ2v) is 2.81. The maximum atomic E-state index is 8.95. The summed E-state index contributed by atoms with van der Waals surface area (Å²) in [7, 11) is 1.31. The van der Waals surface area contributed by atoms with E-state index in [1.807, 2.05) is 6.92 Å². The predicted molar refractivity (Wildman–Crippen MR) is 61.0 cm³/mol. The van der Waals surface area contributed by atoms with Crippen LogP contribution in [-0.2, 0) is 9.53 Å². The van der Waals surface area contributed by atoms with E-state index in [1.165, 1.54) is 13.3 Å². The number of benzene rings is 1. The molecule has 0 aromatic heterocycles. The molecule has 0 fully saturated rings. The van der Waals surface area contributed by atoms with Gasteiger partial charge in [-0.1, -0.05) is 0 Å². The third kappa shape index (κ3) is 4.12. The van der Waals surface area contributed by atoms with E-state index in [9.17, 15) is 0 Å². The van der Waals surface area contributed by atoms with E-state index in [1.54, 1.807) is 12.1 Å². The van der Waals surface area contributed by atoms with Crippen molar-refractivity contribution in [2.24, 2.45) is 0 Å². The lowest BCUT2D eigenvalue weighted by atomic mass is 10.1. The molecule has 0 heterocycles. The highest BCUT2D eigenvalue weighted by Crippen LogP contribution is 2.18. The van der Waals surface area contributed by atoms with E-state index in [2.05, 4.69) is 4.74 Å². The number of nitrogens with one attached hydrogen (secondary N) is 1. The van der Waals surface area contributed by atoms with Crippen molar-refractivity contribution < 1.29 is 9.53 Å². The number of carbonyl (C=O) groups is 1. The zero-order chi connectivity index (χ0) is 11.8. The van der Waals surface area contributed by atoms with E-state index < -0.39 is 0 Å². The number of hydrogen-bond donors (Lipinski definition) is 3. The monoisotopic (exact) mass is 209 g/mol. The number of aryl methyl sites for hydroxylation is 1. The molecule has 0 spiro atoms. The van der Waals surface area contributed by atoms with Crippen LogP contribution >= 0.6 is 0 Å². The summed E-state index contributed by atoms with van der Waals surface area (Å²) in [6, 6.07) is 3.48. The van der Waals surface area contributed by atoms with Gasteiger partial charge in [-0.15, -0.1) is 0 Å². The molecule has 0 unspecified atom stereocenters. The smallest absolute Gasteiger partial charge is 0.292 e. The van der Waals surface area contributed by atoms with Crippen LogP contribution < -0.4 is 11.5 Å². The second kappa shape index (κ2) is 6.42. The van der Waals surface area contributed by atoms with Crippen molar-refractivity contribution in [1.82, 2.24) is 0 Å². The second-order valence-electron chi connectivity index (χ2n) is 2.81. The Morgan fingerprint density at radius 3 is 2.27 bits per heavy atom. The number of rotatable bonds is 2. The van der Waals surface area contributed by atoms with Gasteiger partial charge in [0.1, 0.15) is 0 Å². The maximum absolute atomic E-state index is 8.95. The van der Waals surface area contributed by atoms with Gasteiger partial charge in [0.05, 0.1) is 7.11 Å². The molecule has 5 heteroatoms. The van der Waals surface area contributed by atoms with Gasteiger partial charge in [0.15, 0.2) is 0 Å². The van der Waals surface area contributed by atoms with Crippen molar-refractivity contribution in [1.29, 1.82) is 5.41 Å². The Balaban J connectivity index is 0.000000423. The number of nitrogen functional groups attached to an aromatic ring is 2. The van der Waals surface area contributed by atoms with Gasteiger partial charge in [0.25, 0.3) is 6.47 Å². The molecule has 1 aromatic rings. The number of carbonyl (C=O) groups excluding carboxylic acids is 1. The molecule has 15 heavy (non-hydrogen) atoms. The Hall–Kier alpha value is -2.04. The van der Waals surface area contributed by atoms with Crippen LogP contribution in [0.1, 0.15) is 11.1 Å². The van der Waals surface area contributed by atoms with Crippen molar-refractivity contribution in [3.8, 4) is 0 Å². The van der Waals surface area contributed by atoms with Crippen LogP contribution in [-0.4, -0.2) is 19.8 Å². The molecule has 0 aliphatic carbocycles. The van der Waals surface area contributed by atoms with Crippen molar-refractivity contribution in [3.05, 3.63) is 23.3 Å². The summed E-state index contributed by atoms with van der Waals surface area (Å²) in [5, 5.41) is 6.99. The first-order chi connectivity index (χ1) is 7.06. The molecule has 0 amide bonds. The Bertz CT molecular complexity index is 351. The molecular weight excluding hydrogens is 194 g/mol. The van der Waals surface area contributed by atoms with Crippen LogP contribution in [0.5, 0.6) is 0 Å². The fourth-order valence-electron chi connectivity index (χ4n) is 0.890. The molecule has 82 valence electrons. The maximum Gasteiger partial charge on any atom is 0.292 e. The van der Waals surface area contributed by atoms with Crippen LogP contribution in [0.15, 0.2) is 12.1 Å². The van der Waals surface area contributed by atoms with Gasteiger partial charge < -0.3 is 21.6 Å². The van der Waals surface area contributed by atoms with Crippen LogP contribution in [0.25, 0.3) is 0 Å². The quantitative estimate of drug-likeness (QED) is 0.383. The molecule has 0 bridgehead atoms. The summed E-state index contributed by atoms with van der Waals surface area (Å²) < 4.78 is 3.86. The largest absolute Gasteiger partial charge is 0.471 e. The summed E-state index contributed by atoms with van der Waals surface area (Å²) in [6.45, 7) is 2.26. The average Bonchev–Trinajstić information content (AvgIpc) is 2.24. The lowest BCUT2D eigenvalue weighted by molar-refractivity contribution is -0.126. The lowest BCUT2D eigenvalue weighted by Crippen LogP contribution is -1.97. The summed E-state index contributed by atoms with van der Waals surface area (Å²) in [5.74, 6) is 0. The summed E-state index contributed by atoms with van der Waals surface area (Å²) in [4.78, 5) is 8.95. The molecule has 0 saturated heterocycles. The molecule has 0 aliphatic heterocycles. The van der Waals surface area contributed by atoms with Crippen molar-refractivity contribution >= 4 is 24.1 Å². The Morgan fingerprint density at radius 1 is 1.33 bits per heavy atom. The van der Waals surface area contributed by atoms with Crippen LogP contribution in [0.3, 0.4) is 0 Å². The van der Waals surface area contributed by atoms with Crippen molar-refractivity contribution in [2.45, 2.75) is 6.92 Å². The summed E-state index contributed by atoms with van der Waals surface area (Å²) in [5.41, 5.74) is 14.1. The van der Waals surface area contributed by atoms with Gasteiger partial charge in [0.2, 0.25) is 0 Å². The third-order valence-corrected chi connectivity index (χ3v) is 1.72. The van der Waals surface area contributed by atoms with Gasteiger partial charge in [-0.25, -0.2) is 0 Å². The molecule has 0 saturated carbocycles. The molecule has 0 atom stereocenters. The fraction of sp³-hybridized carbons (Fsp3) is 0.200. The number of anilines is 2. The van der Waals surface area contributed by atoms with E-state index in [-0.39, 0.29) is 0 Å². The first-order valence-corrected chi connectivity index (χ1v) is 4.19. The van der Waals surface area contributed by atoms with E-state index in [0.717, 1.165) is 5.56 Å². The standard InChI is InChI=1S/C8H11N3.C2H4O2/c1-5-2-8(11)6(4-9)3-7(5)10;1-4-2-3/h2-4,9H,10-11H2,1H3;2H,1H3. The molecule has 5 nitrogen and oxygen atoms in total. The normalized spacial score (nSPS) is 8.40. The summed E-state index contributed by atoms with van der Waals surface area (Å²) in [6.07, 6.45) is 1.20. The molecule has 1 rings (SSSR count). The Kier molecular flexibility index (Phi) is 5.55. The van der Waals surface area contributed by atoms with Gasteiger partial charge in [0, 0.05) is 23.2 Å². The first-order valence-electron chi connectivity index (χ1n) is 4.19. The third-order valence-electron chi connectivity index (χ3n) is 1.72. The van der Waals surface area contributed by atoms with Crippen molar-refractivity contribution in [2.75, 3.05) is 18.6 Å². The van der Waals surface area contributed by atoms with Gasteiger partial charge in [-0.3, -0.25) is 4.79 Å². The molecule has 0 aliphatic rings. The molecule has 1 aromatic carbocycles. The van der Waals surface area contributed by atoms with Gasteiger partial charge in [-0.2, -0.15) is 0 Å². The Labute approximate surface area is 88.5 Å². The zero-order valence-electron chi connectivity index (χ0n) is 8.78. The number of ether oxygens (including phenoxy) is 1. The minimum Gasteiger partial charge on any atom is -0.471 e. The average molecular weight is 209 g/mol. The minimum atomic E-state index is 0.375. The van der Waals surface area contributed by atoms with E-state index in [4.69, 9.17) is 21.7 Å². The highest BCUT2D eigenvalue weighted by molar-refractivity contribution is 5.87. The summed E-state index contributed by atoms with van der Waals surface area (Å²) >= 11 is 0. The zero-order valence-corrected chi connectivity index (χ0v) is 8.78. The molecule has 0 radical (unpaired) electrons. The van der Waals surface area contributed by atoms with Gasteiger partial charge in [-0.05, 0) is 24.6 Å². The van der Waals surface area contributed by atoms with Crippen LogP contribution in [0.4, 0.5) is 11.4 Å². The van der Waals surface area contributed by atoms with Gasteiger partial charge >= 0.3 is 0 Å². The SMILES string of the molecule is COC=O.Cc1cc(N)c(C=N)cc1N. The lowest BCUT2D eigenvalue weighted by Gasteiger charge is -2.03. The fourth-order valence-corrected chi connectivity index (χ4v) is 0.890. The number of nitrogens with two attached hydrogens (primary N) is 2. The van der Waals surface area contributed by atoms with Crippen molar-refractivity contribution in [3.63, 3.8) is 0 Å². The molecule has 5 N–H and O–H groups in total. The highest BCUT2D eigenvalue weighted by Gasteiger charge is 1.98.